The summed E-state index contributed by atoms with van der Waals surface area (Å²) in [6.45, 7) is 1.95. The number of hydrogen-bond donors (Lipinski definition) is 2. The second kappa shape index (κ2) is 6.36. The molecule has 2 rings (SSSR count). The number of aliphatic hydroxyl groups is 2. The highest BCUT2D eigenvalue weighted by Crippen LogP contribution is 2.30. The summed E-state index contributed by atoms with van der Waals surface area (Å²) in [5.74, 6) is 1.35. The van der Waals surface area contributed by atoms with Crippen LogP contribution in [0.3, 0.4) is 0 Å². The van der Waals surface area contributed by atoms with E-state index in [4.69, 9.17) is 9.84 Å². The molecule has 0 unspecified atom stereocenters. The summed E-state index contributed by atoms with van der Waals surface area (Å²) in [4.78, 5) is 0. The molecule has 100 valence electrons. The van der Waals surface area contributed by atoms with Crippen molar-refractivity contribution in [3.05, 3.63) is 59.7 Å². The Kier molecular flexibility index (Phi) is 4.55. The third kappa shape index (κ3) is 3.34. The van der Waals surface area contributed by atoms with Crippen LogP contribution in [-0.4, -0.2) is 10.2 Å². The second-order valence-corrected chi connectivity index (χ2v) is 4.37. The van der Waals surface area contributed by atoms with Crippen molar-refractivity contribution >= 4 is 0 Å². The van der Waals surface area contributed by atoms with Gasteiger partial charge in [-0.25, -0.2) is 0 Å². The quantitative estimate of drug-likeness (QED) is 0.864. The summed E-state index contributed by atoms with van der Waals surface area (Å²) in [5.41, 5.74) is 1.63. The maximum Gasteiger partial charge on any atom is 0.133 e. The molecule has 0 fully saturated rings. The highest BCUT2D eigenvalue weighted by atomic mass is 16.5. The Morgan fingerprint density at radius 1 is 1.05 bits per heavy atom. The van der Waals surface area contributed by atoms with E-state index in [0.29, 0.717) is 17.9 Å². The number of hydrogen-bond acceptors (Lipinski definition) is 3. The molecule has 2 aromatic rings. The molecule has 0 heterocycles. The van der Waals surface area contributed by atoms with Crippen LogP contribution < -0.4 is 4.74 Å². The standard InChI is InChI=1S/C16H18O3/c1-2-15(18)14-5-3-4-6-16(14)19-13-9-7-12(11-17)8-10-13/h3-10,15,17-18H,2,11H2,1H3/t15-/m0/s1. The highest BCUT2D eigenvalue weighted by molar-refractivity contribution is 5.39. The highest BCUT2D eigenvalue weighted by Gasteiger charge is 2.11. The summed E-state index contributed by atoms with van der Waals surface area (Å²) in [5, 5.41) is 19.0. The number of aliphatic hydroxyl groups excluding tert-OH is 2. The fraction of sp³-hybridized carbons (Fsp3) is 0.250. The minimum atomic E-state index is -0.520. The van der Waals surface area contributed by atoms with E-state index in [0.717, 1.165) is 11.1 Å². The van der Waals surface area contributed by atoms with Crippen LogP contribution in [0.4, 0.5) is 0 Å². The van der Waals surface area contributed by atoms with Crippen molar-refractivity contribution in [1.82, 2.24) is 0 Å². The molecule has 3 nitrogen and oxygen atoms in total. The first kappa shape index (κ1) is 13.6. The van der Waals surface area contributed by atoms with Crippen LogP contribution in [-0.2, 0) is 6.61 Å². The predicted octanol–water partition coefficient (Wildman–Crippen LogP) is 3.41. The first-order chi connectivity index (χ1) is 9.24. The molecule has 0 aliphatic rings. The summed E-state index contributed by atoms with van der Waals surface area (Å²) >= 11 is 0. The summed E-state index contributed by atoms with van der Waals surface area (Å²) in [6.07, 6.45) is 0.122. The smallest absolute Gasteiger partial charge is 0.133 e. The van der Waals surface area contributed by atoms with E-state index < -0.39 is 6.10 Å². The van der Waals surface area contributed by atoms with E-state index in [1.807, 2.05) is 43.3 Å². The van der Waals surface area contributed by atoms with Gasteiger partial charge in [-0.3, -0.25) is 0 Å². The van der Waals surface area contributed by atoms with Crippen molar-refractivity contribution < 1.29 is 14.9 Å². The van der Waals surface area contributed by atoms with Gasteiger partial charge in [0.05, 0.1) is 12.7 Å². The lowest BCUT2D eigenvalue weighted by Gasteiger charge is -2.14. The zero-order chi connectivity index (χ0) is 13.7. The lowest BCUT2D eigenvalue weighted by molar-refractivity contribution is 0.170. The van der Waals surface area contributed by atoms with Crippen molar-refractivity contribution in [2.75, 3.05) is 0 Å². The minimum Gasteiger partial charge on any atom is -0.457 e. The topological polar surface area (TPSA) is 49.7 Å². The Bertz CT molecular complexity index is 520. The SMILES string of the molecule is CC[C@H](O)c1ccccc1Oc1ccc(CO)cc1. The molecule has 2 N–H and O–H groups in total. The average Bonchev–Trinajstić information content (AvgIpc) is 2.48. The molecule has 2 aromatic carbocycles. The van der Waals surface area contributed by atoms with Crippen LogP contribution in [0.5, 0.6) is 11.5 Å². The van der Waals surface area contributed by atoms with Gasteiger partial charge in [0.1, 0.15) is 11.5 Å². The molecule has 3 heteroatoms. The van der Waals surface area contributed by atoms with Gasteiger partial charge < -0.3 is 14.9 Å². The van der Waals surface area contributed by atoms with Crippen LogP contribution in [0.25, 0.3) is 0 Å². The third-order valence-corrected chi connectivity index (χ3v) is 3.00. The van der Waals surface area contributed by atoms with Crippen molar-refractivity contribution in [2.45, 2.75) is 26.1 Å². The van der Waals surface area contributed by atoms with E-state index >= 15 is 0 Å². The molecule has 0 saturated carbocycles. The Balaban J connectivity index is 2.22. The Morgan fingerprint density at radius 2 is 1.74 bits per heavy atom. The van der Waals surface area contributed by atoms with Crippen LogP contribution in [0, 0.1) is 0 Å². The fourth-order valence-electron chi connectivity index (χ4n) is 1.86. The van der Waals surface area contributed by atoms with E-state index in [1.165, 1.54) is 0 Å². The predicted molar refractivity (Wildman–Crippen MR) is 74.1 cm³/mol. The van der Waals surface area contributed by atoms with Gasteiger partial charge in [0.2, 0.25) is 0 Å². The normalized spacial score (nSPS) is 12.2. The lowest BCUT2D eigenvalue weighted by atomic mass is 10.1. The third-order valence-electron chi connectivity index (χ3n) is 3.00. The number of para-hydroxylation sites is 1. The molecule has 0 bridgehead atoms. The molecular formula is C16H18O3. The van der Waals surface area contributed by atoms with Gasteiger partial charge in [0.15, 0.2) is 0 Å². The minimum absolute atomic E-state index is 0.0193. The molecule has 0 aliphatic carbocycles. The summed E-state index contributed by atoms with van der Waals surface area (Å²) in [6, 6.07) is 14.7. The molecule has 0 radical (unpaired) electrons. The van der Waals surface area contributed by atoms with Gasteiger partial charge in [-0.1, -0.05) is 37.3 Å². The molecular weight excluding hydrogens is 240 g/mol. The molecule has 0 spiro atoms. The van der Waals surface area contributed by atoms with Crippen LogP contribution in [0.15, 0.2) is 48.5 Å². The number of rotatable bonds is 5. The summed E-state index contributed by atoms with van der Waals surface area (Å²) < 4.78 is 5.79. The average molecular weight is 258 g/mol. The van der Waals surface area contributed by atoms with Crippen molar-refractivity contribution in [2.24, 2.45) is 0 Å². The number of benzene rings is 2. The van der Waals surface area contributed by atoms with Crippen LogP contribution >= 0.6 is 0 Å². The fourth-order valence-corrected chi connectivity index (χ4v) is 1.86. The van der Waals surface area contributed by atoms with Gasteiger partial charge in [-0.2, -0.15) is 0 Å². The Morgan fingerprint density at radius 3 is 2.37 bits per heavy atom. The lowest BCUT2D eigenvalue weighted by Crippen LogP contribution is -1.98. The maximum absolute atomic E-state index is 9.96. The zero-order valence-electron chi connectivity index (χ0n) is 10.9. The molecule has 0 amide bonds. The molecule has 0 aromatic heterocycles. The molecule has 1 atom stereocenters. The van der Waals surface area contributed by atoms with Gasteiger partial charge in [-0.15, -0.1) is 0 Å². The zero-order valence-corrected chi connectivity index (χ0v) is 10.9. The Labute approximate surface area is 113 Å². The van der Waals surface area contributed by atoms with E-state index in [2.05, 4.69) is 0 Å². The maximum atomic E-state index is 9.96. The van der Waals surface area contributed by atoms with Gasteiger partial charge >= 0.3 is 0 Å². The van der Waals surface area contributed by atoms with Crippen LogP contribution in [0.1, 0.15) is 30.6 Å². The largest absolute Gasteiger partial charge is 0.457 e. The van der Waals surface area contributed by atoms with Crippen LogP contribution in [0.2, 0.25) is 0 Å². The number of ether oxygens (including phenoxy) is 1. The second-order valence-electron chi connectivity index (χ2n) is 4.37. The monoisotopic (exact) mass is 258 g/mol. The summed E-state index contributed by atoms with van der Waals surface area (Å²) in [7, 11) is 0. The van der Waals surface area contributed by atoms with Gasteiger partial charge in [-0.05, 0) is 30.2 Å². The van der Waals surface area contributed by atoms with Gasteiger partial charge in [0.25, 0.3) is 0 Å². The van der Waals surface area contributed by atoms with Gasteiger partial charge in [0, 0.05) is 5.56 Å². The van der Waals surface area contributed by atoms with Crippen molar-refractivity contribution in [3.8, 4) is 11.5 Å². The molecule has 0 aliphatic heterocycles. The molecule has 0 saturated heterocycles. The first-order valence-electron chi connectivity index (χ1n) is 6.39. The Hall–Kier alpha value is -1.84. The molecule has 19 heavy (non-hydrogen) atoms. The van der Waals surface area contributed by atoms with Crippen molar-refractivity contribution in [1.29, 1.82) is 0 Å². The van der Waals surface area contributed by atoms with E-state index in [-0.39, 0.29) is 6.61 Å². The van der Waals surface area contributed by atoms with Crippen molar-refractivity contribution in [3.63, 3.8) is 0 Å². The van der Waals surface area contributed by atoms with E-state index in [1.54, 1.807) is 12.1 Å². The first-order valence-corrected chi connectivity index (χ1v) is 6.39. The van der Waals surface area contributed by atoms with E-state index in [9.17, 15) is 5.11 Å².